The predicted molar refractivity (Wildman–Crippen MR) is 61.6 cm³/mol. The van der Waals surface area contributed by atoms with E-state index < -0.39 is 5.97 Å². The van der Waals surface area contributed by atoms with Gasteiger partial charge in [0, 0.05) is 18.5 Å². The number of H-pyrrole nitrogens is 1. The molecule has 17 heavy (non-hydrogen) atoms. The fraction of sp³-hybridized carbons (Fsp3) is 0.333. The lowest BCUT2D eigenvalue weighted by molar-refractivity contribution is -0.137. The molecule has 0 aliphatic carbocycles. The van der Waals surface area contributed by atoms with E-state index in [1.165, 1.54) is 0 Å². The number of nitrogens with zero attached hydrogens (tertiary/aromatic N) is 1. The van der Waals surface area contributed by atoms with Gasteiger partial charge in [-0.2, -0.15) is 0 Å². The van der Waals surface area contributed by atoms with Crippen molar-refractivity contribution in [3.8, 4) is 11.5 Å². The highest BCUT2D eigenvalue weighted by Gasteiger charge is 2.11. The van der Waals surface area contributed by atoms with Crippen molar-refractivity contribution in [2.24, 2.45) is 0 Å². The zero-order valence-corrected chi connectivity index (χ0v) is 9.56. The number of carboxylic acid groups (broad SMARTS) is 1. The zero-order chi connectivity index (χ0) is 12.3. The smallest absolute Gasteiger partial charge is 0.303 e. The van der Waals surface area contributed by atoms with Crippen molar-refractivity contribution in [3.63, 3.8) is 0 Å². The molecule has 0 radical (unpaired) electrons. The van der Waals surface area contributed by atoms with E-state index in [2.05, 4.69) is 9.97 Å². The van der Waals surface area contributed by atoms with E-state index in [-0.39, 0.29) is 6.42 Å². The third-order valence-electron chi connectivity index (χ3n) is 2.49. The number of aliphatic carboxylic acids is 1. The van der Waals surface area contributed by atoms with Gasteiger partial charge < -0.3 is 14.5 Å². The molecule has 0 saturated heterocycles. The monoisotopic (exact) mass is 234 g/mol. The quantitative estimate of drug-likeness (QED) is 0.832. The Bertz CT molecular complexity index is 500. The SMILES string of the molecule is Cc1[nH]c(CCCC(=O)O)nc1-c1ccco1. The number of nitrogens with one attached hydrogen (secondary N) is 1. The molecule has 90 valence electrons. The minimum Gasteiger partial charge on any atom is -0.481 e. The molecule has 0 aliphatic rings. The van der Waals surface area contributed by atoms with E-state index in [4.69, 9.17) is 9.52 Å². The summed E-state index contributed by atoms with van der Waals surface area (Å²) in [6.45, 7) is 1.92. The number of carbonyl (C=O) groups is 1. The molecule has 0 atom stereocenters. The van der Waals surface area contributed by atoms with Gasteiger partial charge in [0.15, 0.2) is 5.76 Å². The molecular weight excluding hydrogens is 220 g/mol. The molecule has 2 N–H and O–H groups in total. The van der Waals surface area contributed by atoms with Crippen LogP contribution in [0.25, 0.3) is 11.5 Å². The Balaban J connectivity index is 2.06. The zero-order valence-electron chi connectivity index (χ0n) is 9.56. The molecule has 2 aromatic heterocycles. The first-order valence-electron chi connectivity index (χ1n) is 5.48. The second-order valence-corrected chi connectivity index (χ2v) is 3.88. The average molecular weight is 234 g/mol. The summed E-state index contributed by atoms with van der Waals surface area (Å²) in [7, 11) is 0. The highest BCUT2D eigenvalue weighted by Crippen LogP contribution is 2.21. The summed E-state index contributed by atoms with van der Waals surface area (Å²) >= 11 is 0. The Morgan fingerprint density at radius 1 is 1.59 bits per heavy atom. The second kappa shape index (κ2) is 4.86. The third-order valence-corrected chi connectivity index (χ3v) is 2.49. The Morgan fingerprint density at radius 3 is 3.06 bits per heavy atom. The van der Waals surface area contributed by atoms with Crippen LogP contribution >= 0.6 is 0 Å². The number of carboxylic acids is 1. The van der Waals surface area contributed by atoms with Crippen molar-refractivity contribution < 1.29 is 14.3 Å². The van der Waals surface area contributed by atoms with Crippen molar-refractivity contribution in [3.05, 3.63) is 29.9 Å². The van der Waals surface area contributed by atoms with Crippen LogP contribution in [0.1, 0.15) is 24.4 Å². The van der Waals surface area contributed by atoms with Crippen molar-refractivity contribution >= 4 is 5.97 Å². The van der Waals surface area contributed by atoms with Crippen molar-refractivity contribution in [1.29, 1.82) is 0 Å². The van der Waals surface area contributed by atoms with Gasteiger partial charge in [-0.15, -0.1) is 0 Å². The summed E-state index contributed by atoms with van der Waals surface area (Å²) in [5.41, 5.74) is 1.73. The van der Waals surface area contributed by atoms with Gasteiger partial charge in [-0.25, -0.2) is 4.98 Å². The van der Waals surface area contributed by atoms with Crippen LogP contribution in [-0.4, -0.2) is 21.0 Å². The number of rotatable bonds is 5. The number of furan rings is 1. The molecule has 0 bridgehead atoms. The molecule has 2 rings (SSSR count). The van der Waals surface area contributed by atoms with Gasteiger partial charge in [-0.3, -0.25) is 4.79 Å². The summed E-state index contributed by atoms with van der Waals surface area (Å²) in [5.74, 6) is 0.748. The summed E-state index contributed by atoms with van der Waals surface area (Å²) in [4.78, 5) is 18.0. The lowest BCUT2D eigenvalue weighted by atomic mass is 10.2. The van der Waals surface area contributed by atoms with Crippen molar-refractivity contribution in [1.82, 2.24) is 9.97 Å². The average Bonchev–Trinajstić information content (AvgIpc) is 2.86. The summed E-state index contributed by atoms with van der Waals surface area (Å²) in [5, 5.41) is 8.56. The molecule has 5 nitrogen and oxygen atoms in total. The van der Waals surface area contributed by atoms with E-state index in [0.717, 1.165) is 23.0 Å². The van der Waals surface area contributed by atoms with Crippen LogP contribution < -0.4 is 0 Å². The first kappa shape index (κ1) is 11.4. The fourth-order valence-electron chi connectivity index (χ4n) is 1.70. The van der Waals surface area contributed by atoms with Crippen molar-refractivity contribution in [2.45, 2.75) is 26.2 Å². The van der Waals surface area contributed by atoms with Crippen molar-refractivity contribution in [2.75, 3.05) is 0 Å². The number of aromatic amines is 1. The molecule has 0 spiro atoms. The molecule has 2 heterocycles. The normalized spacial score (nSPS) is 10.6. The van der Waals surface area contributed by atoms with E-state index >= 15 is 0 Å². The first-order valence-corrected chi connectivity index (χ1v) is 5.48. The Morgan fingerprint density at radius 2 is 2.41 bits per heavy atom. The van der Waals surface area contributed by atoms with Gasteiger partial charge in [-0.05, 0) is 25.5 Å². The standard InChI is InChI=1S/C12H14N2O3/c1-8-12(9-4-3-7-17-9)14-10(13-8)5-2-6-11(15)16/h3-4,7H,2,5-6H2,1H3,(H,13,14)(H,15,16). The minimum absolute atomic E-state index is 0.163. The van der Waals surface area contributed by atoms with Crippen LogP contribution in [-0.2, 0) is 11.2 Å². The molecule has 2 aromatic rings. The Labute approximate surface area is 98.5 Å². The van der Waals surface area contributed by atoms with Gasteiger partial charge in [0.1, 0.15) is 11.5 Å². The van der Waals surface area contributed by atoms with Crippen LogP contribution in [0.15, 0.2) is 22.8 Å². The van der Waals surface area contributed by atoms with Crippen LogP contribution in [0, 0.1) is 6.92 Å². The molecule has 0 aromatic carbocycles. The molecular formula is C12H14N2O3. The van der Waals surface area contributed by atoms with Crippen LogP contribution in [0.4, 0.5) is 0 Å². The molecule has 0 amide bonds. The molecule has 0 aliphatic heterocycles. The first-order chi connectivity index (χ1) is 8.16. The lowest BCUT2D eigenvalue weighted by Gasteiger charge is -1.93. The molecule has 0 unspecified atom stereocenters. The minimum atomic E-state index is -0.778. The topological polar surface area (TPSA) is 79.1 Å². The number of imidazole rings is 1. The lowest BCUT2D eigenvalue weighted by Crippen LogP contribution is -1.96. The molecule has 0 fully saturated rings. The van der Waals surface area contributed by atoms with Gasteiger partial charge >= 0.3 is 5.97 Å². The number of hydrogen-bond acceptors (Lipinski definition) is 3. The Hall–Kier alpha value is -2.04. The highest BCUT2D eigenvalue weighted by molar-refractivity contribution is 5.66. The van der Waals surface area contributed by atoms with Crippen LogP contribution in [0.3, 0.4) is 0 Å². The van der Waals surface area contributed by atoms with Gasteiger partial charge in [0.2, 0.25) is 0 Å². The summed E-state index contributed by atoms with van der Waals surface area (Å²) in [6.07, 6.45) is 2.98. The molecule has 0 saturated carbocycles. The van der Waals surface area contributed by atoms with Gasteiger partial charge in [-0.1, -0.05) is 0 Å². The van der Waals surface area contributed by atoms with Crippen LogP contribution in [0.2, 0.25) is 0 Å². The maximum atomic E-state index is 10.4. The fourth-order valence-corrected chi connectivity index (χ4v) is 1.70. The highest BCUT2D eigenvalue weighted by atomic mass is 16.4. The summed E-state index contributed by atoms with van der Waals surface area (Å²) in [6, 6.07) is 3.66. The molecule has 5 heteroatoms. The number of aryl methyl sites for hydroxylation is 2. The maximum absolute atomic E-state index is 10.4. The van der Waals surface area contributed by atoms with E-state index in [0.29, 0.717) is 12.8 Å². The maximum Gasteiger partial charge on any atom is 0.303 e. The summed E-state index contributed by atoms with van der Waals surface area (Å²) < 4.78 is 5.28. The predicted octanol–water partition coefficient (Wildman–Crippen LogP) is 2.39. The van der Waals surface area contributed by atoms with Gasteiger partial charge in [0.05, 0.1) is 6.26 Å². The van der Waals surface area contributed by atoms with E-state index in [9.17, 15) is 4.79 Å². The number of hydrogen-bond donors (Lipinski definition) is 2. The van der Waals surface area contributed by atoms with Gasteiger partial charge in [0.25, 0.3) is 0 Å². The second-order valence-electron chi connectivity index (χ2n) is 3.88. The Kier molecular flexibility index (Phi) is 3.27. The largest absolute Gasteiger partial charge is 0.481 e. The third kappa shape index (κ3) is 2.75. The number of aromatic nitrogens is 2. The van der Waals surface area contributed by atoms with E-state index in [1.54, 1.807) is 6.26 Å². The van der Waals surface area contributed by atoms with E-state index in [1.807, 2.05) is 19.1 Å². The van der Waals surface area contributed by atoms with Crippen LogP contribution in [0.5, 0.6) is 0 Å².